The fraction of sp³-hybridized carbons (Fsp3) is 1.00. The SMILES string of the molecule is CCCCCCCCC[C@H]1NC[C@@H](O)[C@H](O)[C@H]1CO. The summed E-state index contributed by atoms with van der Waals surface area (Å²) < 4.78 is 0. The van der Waals surface area contributed by atoms with Crippen LogP contribution in [0.2, 0.25) is 0 Å². The normalized spacial score (nSPS) is 31.6. The number of β-amino-alcohol motifs (C(OH)–C–C–N with tert-alkyl or cyclic N) is 1. The lowest BCUT2D eigenvalue weighted by Crippen LogP contribution is -2.57. The number of piperidine rings is 1. The highest BCUT2D eigenvalue weighted by Crippen LogP contribution is 2.22. The molecule has 19 heavy (non-hydrogen) atoms. The molecule has 0 bridgehead atoms. The summed E-state index contributed by atoms with van der Waals surface area (Å²) in [6, 6.07) is 0.138. The van der Waals surface area contributed by atoms with Gasteiger partial charge >= 0.3 is 0 Å². The molecule has 4 atom stereocenters. The van der Waals surface area contributed by atoms with Crippen molar-refractivity contribution in [1.29, 1.82) is 0 Å². The van der Waals surface area contributed by atoms with Crippen LogP contribution >= 0.6 is 0 Å². The second-order valence-electron chi connectivity index (χ2n) is 5.83. The maximum absolute atomic E-state index is 9.86. The number of nitrogens with one attached hydrogen (secondary N) is 1. The van der Waals surface area contributed by atoms with Crippen molar-refractivity contribution >= 4 is 0 Å². The highest BCUT2D eigenvalue weighted by Gasteiger charge is 2.36. The van der Waals surface area contributed by atoms with Gasteiger partial charge in [0.05, 0.1) is 12.2 Å². The Kier molecular flexibility index (Phi) is 8.62. The predicted molar refractivity (Wildman–Crippen MR) is 77.0 cm³/mol. The highest BCUT2D eigenvalue weighted by atomic mass is 16.3. The van der Waals surface area contributed by atoms with E-state index in [1.165, 1.54) is 38.5 Å². The van der Waals surface area contributed by atoms with Crippen LogP contribution in [0.3, 0.4) is 0 Å². The van der Waals surface area contributed by atoms with Gasteiger partial charge in [-0.25, -0.2) is 0 Å². The van der Waals surface area contributed by atoms with Crippen LogP contribution in [0.1, 0.15) is 58.3 Å². The molecule has 0 amide bonds. The number of aliphatic hydroxyl groups is 3. The molecular formula is C15H31NO3. The molecular weight excluding hydrogens is 242 g/mol. The minimum atomic E-state index is -0.791. The van der Waals surface area contributed by atoms with Gasteiger partial charge in [-0.05, 0) is 6.42 Å². The molecule has 0 aromatic rings. The Morgan fingerprint density at radius 1 is 1.00 bits per heavy atom. The maximum atomic E-state index is 9.86. The summed E-state index contributed by atoms with van der Waals surface area (Å²) in [7, 11) is 0. The highest BCUT2D eigenvalue weighted by molar-refractivity contribution is 4.91. The third kappa shape index (κ3) is 5.78. The van der Waals surface area contributed by atoms with Crippen molar-refractivity contribution < 1.29 is 15.3 Å². The molecule has 4 nitrogen and oxygen atoms in total. The van der Waals surface area contributed by atoms with Gasteiger partial charge in [-0.2, -0.15) is 0 Å². The van der Waals surface area contributed by atoms with Gasteiger partial charge in [0.2, 0.25) is 0 Å². The molecule has 0 aromatic carbocycles. The Bertz CT molecular complexity index is 225. The van der Waals surface area contributed by atoms with E-state index in [0.29, 0.717) is 6.54 Å². The van der Waals surface area contributed by atoms with Gasteiger partial charge in [0.25, 0.3) is 0 Å². The molecule has 0 saturated carbocycles. The second-order valence-corrected chi connectivity index (χ2v) is 5.83. The molecule has 0 aromatic heterocycles. The summed E-state index contributed by atoms with van der Waals surface area (Å²) in [5.74, 6) is -0.233. The topological polar surface area (TPSA) is 72.7 Å². The average molecular weight is 273 g/mol. The minimum Gasteiger partial charge on any atom is -0.396 e. The van der Waals surface area contributed by atoms with E-state index < -0.39 is 12.2 Å². The van der Waals surface area contributed by atoms with Crippen molar-refractivity contribution in [2.45, 2.75) is 76.5 Å². The first kappa shape index (κ1) is 16.9. The van der Waals surface area contributed by atoms with Crippen molar-refractivity contribution in [1.82, 2.24) is 5.32 Å². The predicted octanol–water partition coefficient (Wildman–Crippen LogP) is 1.43. The molecule has 1 aliphatic heterocycles. The molecule has 0 spiro atoms. The van der Waals surface area contributed by atoms with Crippen LogP contribution < -0.4 is 5.32 Å². The van der Waals surface area contributed by atoms with Crippen molar-refractivity contribution in [2.75, 3.05) is 13.2 Å². The van der Waals surface area contributed by atoms with Gasteiger partial charge in [0, 0.05) is 25.1 Å². The zero-order valence-corrected chi connectivity index (χ0v) is 12.2. The second kappa shape index (κ2) is 9.70. The molecule has 1 saturated heterocycles. The van der Waals surface area contributed by atoms with Gasteiger partial charge in [-0.3, -0.25) is 0 Å². The molecule has 4 heteroatoms. The van der Waals surface area contributed by atoms with E-state index in [-0.39, 0.29) is 18.6 Å². The monoisotopic (exact) mass is 273 g/mol. The molecule has 0 unspecified atom stereocenters. The Labute approximate surface area is 117 Å². The summed E-state index contributed by atoms with van der Waals surface area (Å²) >= 11 is 0. The Balaban J connectivity index is 2.14. The number of unbranched alkanes of at least 4 members (excludes halogenated alkanes) is 6. The van der Waals surface area contributed by atoms with E-state index in [4.69, 9.17) is 0 Å². The van der Waals surface area contributed by atoms with E-state index in [9.17, 15) is 15.3 Å². The van der Waals surface area contributed by atoms with Crippen LogP contribution in [0, 0.1) is 5.92 Å². The molecule has 1 fully saturated rings. The number of aliphatic hydroxyl groups excluding tert-OH is 3. The maximum Gasteiger partial charge on any atom is 0.0927 e. The van der Waals surface area contributed by atoms with Crippen molar-refractivity contribution in [3.63, 3.8) is 0 Å². The number of rotatable bonds is 9. The lowest BCUT2D eigenvalue weighted by Gasteiger charge is -2.38. The Morgan fingerprint density at radius 2 is 1.63 bits per heavy atom. The molecule has 1 rings (SSSR count). The Hall–Kier alpha value is -0.160. The molecule has 0 radical (unpaired) electrons. The van der Waals surface area contributed by atoms with Crippen molar-refractivity contribution in [3.05, 3.63) is 0 Å². The van der Waals surface area contributed by atoms with E-state index >= 15 is 0 Å². The van der Waals surface area contributed by atoms with Gasteiger partial charge in [-0.1, -0.05) is 51.9 Å². The molecule has 114 valence electrons. The zero-order valence-electron chi connectivity index (χ0n) is 12.2. The van der Waals surface area contributed by atoms with E-state index in [0.717, 1.165) is 12.8 Å². The van der Waals surface area contributed by atoms with Crippen LogP contribution in [0.25, 0.3) is 0 Å². The number of hydrogen-bond acceptors (Lipinski definition) is 4. The van der Waals surface area contributed by atoms with Gasteiger partial charge in [0.15, 0.2) is 0 Å². The fourth-order valence-corrected chi connectivity index (χ4v) is 2.94. The molecule has 1 aliphatic rings. The Morgan fingerprint density at radius 3 is 2.26 bits per heavy atom. The number of hydrogen-bond donors (Lipinski definition) is 4. The van der Waals surface area contributed by atoms with Crippen LogP contribution in [0.5, 0.6) is 0 Å². The first-order chi connectivity index (χ1) is 9.20. The standard InChI is InChI=1S/C15H31NO3/c1-2-3-4-5-6-7-8-9-13-12(11-17)15(19)14(18)10-16-13/h12-19H,2-11H2,1H3/t12-,13+,14+,15+/m0/s1. The van der Waals surface area contributed by atoms with Crippen LogP contribution in [0.4, 0.5) is 0 Å². The minimum absolute atomic E-state index is 0.0631. The van der Waals surface area contributed by atoms with E-state index in [2.05, 4.69) is 12.2 Å². The van der Waals surface area contributed by atoms with Crippen LogP contribution in [-0.2, 0) is 0 Å². The average Bonchev–Trinajstić information content (AvgIpc) is 2.42. The molecule has 0 aliphatic carbocycles. The van der Waals surface area contributed by atoms with Crippen molar-refractivity contribution in [2.24, 2.45) is 5.92 Å². The van der Waals surface area contributed by atoms with Gasteiger partial charge in [-0.15, -0.1) is 0 Å². The van der Waals surface area contributed by atoms with Gasteiger partial charge < -0.3 is 20.6 Å². The van der Waals surface area contributed by atoms with Gasteiger partial charge in [0.1, 0.15) is 0 Å². The summed E-state index contributed by atoms with van der Waals surface area (Å²) in [4.78, 5) is 0. The lowest BCUT2D eigenvalue weighted by atomic mass is 9.84. The van der Waals surface area contributed by atoms with Crippen LogP contribution in [0.15, 0.2) is 0 Å². The van der Waals surface area contributed by atoms with Crippen molar-refractivity contribution in [3.8, 4) is 0 Å². The quantitative estimate of drug-likeness (QED) is 0.480. The first-order valence-electron chi connectivity index (χ1n) is 7.91. The first-order valence-corrected chi connectivity index (χ1v) is 7.91. The summed E-state index contributed by atoms with van der Waals surface area (Å²) in [5, 5.41) is 32.0. The lowest BCUT2D eigenvalue weighted by molar-refractivity contribution is -0.0679. The summed E-state index contributed by atoms with van der Waals surface area (Å²) in [6.07, 6.45) is 8.33. The summed E-state index contributed by atoms with van der Waals surface area (Å²) in [6.45, 7) is 2.59. The third-order valence-corrected chi connectivity index (χ3v) is 4.27. The smallest absolute Gasteiger partial charge is 0.0927 e. The zero-order chi connectivity index (χ0) is 14.1. The molecule has 1 heterocycles. The largest absolute Gasteiger partial charge is 0.396 e. The third-order valence-electron chi connectivity index (χ3n) is 4.27. The molecule has 4 N–H and O–H groups in total. The van der Waals surface area contributed by atoms with Crippen LogP contribution in [-0.4, -0.2) is 46.7 Å². The van der Waals surface area contributed by atoms with E-state index in [1.54, 1.807) is 0 Å². The fourth-order valence-electron chi connectivity index (χ4n) is 2.94. The van der Waals surface area contributed by atoms with E-state index in [1.807, 2.05) is 0 Å². The summed E-state index contributed by atoms with van der Waals surface area (Å²) in [5.41, 5.74) is 0.